The molecular formula is C14H16BrFN4. The largest absolute Gasteiger partial charge is 0.371 e. The van der Waals surface area contributed by atoms with Gasteiger partial charge in [0.1, 0.15) is 11.6 Å². The van der Waals surface area contributed by atoms with Gasteiger partial charge in [-0.2, -0.15) is 0 Å². The molecule has 0 fully saturated rings. The molecule has 0 atom stereocenters. The van der Waals surface area contributed by atoms with Crippen molar-refractivity contribution in [2.24, 2.45) is 0 Å². The topological polar surface area (TPSA) is 42.7 Å². The van der Waals surface area contributed by atoms with Crippen LogP contribution in [0.25, 0.3) is 5.69 Å². The van der Waals surface area contributed by atoms with Gasteiger partial charge in [-0.1, -0.05) is 6.92 Å². The van der Waals surface area contributed by atoms with E-state index in [1.807, 2.05) is 32.3 Å². The number of nitrogens with one attached hydrogen (secondary N) is 1. The molecule has 0 radical (unpaired) electrons. The zero-order valence-corrected chi connectivity index (χ0v) is 13.5. The molecule has 1 aliphatic heterocycles. The molecule has 0 saturated heterocycles. The van der Waals surface area contributed by atoms with Crippen molar-refractivity contribution in [3.05, 3.63) is 33.6 Å². The highest BCUT2D eigenvalue weighted by Crippen LogP contribution is 2.41. The van der Waals surface area contributed by atoms with Crippen LogP contribution in [0.2, 0.25) is 0 Å². The third-order valence-electron chi connectivity index (χ3n) is 3.70. The van der Waals surface area contributed by atoms with Gasteiger partial charge in [-0.25, -0.2) is 4.39 Å². The zero-order valence-electron chi connectivity index (χ0n) is 11.9. The summed E-state index contributed by atoms with van der Waals surface area (Å²) in [5.41, 5.74) is 2.16. The molecule has 4 nitrogen and oxygen atoms in total. The molecule has 6 heteroatoms. The second-order valence-electron chi connectivity index (χ2n) is 5.57. The maximum Gasteiger partial charge on any atom is 0.162 e. The highest BCUT2D eigenvalue weighted by atomic mass is 79.9. The predicted octanol–water partition coefficient (Wildman–Crippen LogP) is 3.70. The van der Waals surface area contributed by atoms with Gasteiger partial charge in [0.2, 0.25) is 0 Å². The molecule has 0 saturated carbocycles. The quantitative estimate of drug-likeness (QED) is 0.862. The maximum atomic E-state index is 14.0. The molecular weight excluding hydrogens is 323 g/mol. The minimum Gasteiger partial charge on any atom is -0.371 e. The summed E-state index contributed by atoms with van der Waals surface area (Å²) in [6.07, 6.45) is 0.775. The van der Waals surface area contributed by atoms with Crippen molar-refractivity contribution < 1.29 is 4.39 Å². The van der Waals surface area contributed by atoms with Gasteiger partial charge < -0.3 is 5.32 Å². The van der Waals surface area contributed by atoms with E-state index in [9.17, 15) is 4.39 Å². The summed E-state index contributed by atoms with van der Waals surface area (Å²) in [6.45, 7) is 7.98. The molecule has 1 aliphatic rings. The second kappa shape index (κ2) is 4.28. The first-order chi connectivity index (χ1) is 9.36. The number of aryl methyl sites for hydroxylation is 1. The van der Waals surface area contributed by atoms with Gasteiger partial charge in [0, 0.05) is 12.5 Å². The summed E-state index contributed by atoms with van der Waals surface area (Å²) in [6, 6.07) is 1.52. The van der Waals surface area contributed by atoms with Crippen LogP contribution in [0.15, 0.2) is 10.5 Å². The van der Waals surface area contributed by atoms with Crippen molar-refractivity contribution in [2.45, 2.75) is 39.7 Å². The van der Waals surface area contributed by atoms with E-state index in [-0.39, 0.29) is 11.4 Å². The number of rotatable bonds is 1. The molecule has 20 heavy (non-hydrogen) atoms. The number of hydrogen-bond donors (Lipinski definition) is 1. The molecule has 1 N–H and O–H groups in total. The Balaban J connectivity index is 2.40. The Bertz CT molecular complexity index is 706. The third kappa shape index (κ3) is 1.70. The number of benzene rings is 1. The highest BCUT2D eigenvalue weighted by molar-refractivity contribution is 9.10. The standard InChI is InChI=1S/C14H16BrFN4/c1-5-10-18-19-13-14(3,4)17-9-6-8(16)11(15)7(2)12(9)20(10)13/h6,17H,5H2,1-4H3. The first-order valence-electron chi connectivity index (χ1n) is 6.58. The van der Waals surface area contributed by atoms with E-state index in [4.69, 9.17) is 0 Å². The number of hydrogen-bond acceptors (Lipinski definition) is 3. The van der Waals surface area contributed by atoms with Gasteiger partial charge in [-0.3, -0.25) is 4.57 Å². The van der Waals surface area contributed by atoms with Crippen LogP contribution < -0.4 is 5.32 Å². The molecule has 2 heterocycles. The Morgan fingerprint density at radius 2 is 2.10 bits per heavy atom. The number of halogens is 2. The molecule has 0 amide bonds. The second-order valence-corrected chi connectivity index (χ2v) is 6.37. The van der Waals surface area contributed by atoms with Crippen molar-refractivity contribution in [2.75, 3.05) is 5.32 Å². The number of anilines is 1. The Kier molecular flexibility index (Phi) is 2.90. The van der Waals surface area contributed by atoms with E-state index in [1.54, 1.807) is 0 Å². The predicted molar refractivity (Wildman–Crippen MR) is 79.8 cm³/mol. The Morgan fingerprint density at radius 1 is 1.40 bits per heavy atom. The summed E-state index contributed by atoms with van der Waals surface area (Å²) >= 11 is 3.32. The van der Waals surface area contributed by atoms with Gasteiger partial charge in [0.25, 0.3) is 0 Å². The monoisotopic (exact) mass is 338 g/mol. The zero-order chi connectivity index (χ0) is 14.7. The van der Waals surface area contributed by atoms with E-state index in [1.165, 1.54) is 6.07 Å². The summed E-state index contributed by atoms with van der Waals surface area (Å²) in [5, 5.41) is 11.9. The molecule has 0 unspecified atom stereocenters. The van der Waals surface area contributed by atoms with Crippen LogP contribution >= 0.6 is 15.9 Å². The Hall–Kier alpha value is -1.43. The lowest BCUT2D eigenvalue weighted by molar-refractivity contribution is 0.530. The van der Waals surface area contributed by atoms with E-state index >= 15 is 0 Å². The van der Waals surface area contributed by atoms with Gasteiger partial charge in [-0.15, -0.1) is 10.2 Å². The van der Waals surface area contributed by atoms with Crippen molar-refractivity contribution >= 4 is 21.6 Å². The Labute approximate surface area is 125 Å². The molecule has 106 valence electrons. The fraction of sp³-hybridized carbons (Fsp3) is 0.429. The minimum absolute atomic E-state index is 0.265. The smallest absolute Gasteiger partial charge is 0.162 e. The summed E-state index contributed by atoms with van der Waals surface area (Å²) in [7, 11) is 0. The first kappa shape index (κ1) is 13.5. The van der Waals surface area contributed by atoms with Crippen LogP contribution in [-0.4, -0.2) is 14.8 Å². The van der Waals surface area contributed by atoms with Crippen LogP contribution in [0, 0.1) is 12.7 Å². The summed E-state index contributed by atoms with van der Waals surface area (Å²) < 4.78 is 16.5. The van der Waals surface area contributed by atoms with Gasteiger partial charge in [-0.05, 0) is 42.3 Å². The molecule has 0 aliphatic carbocycles. The molecule has 3 rings (SSSR count). The van der Waals surface area contributed by atoms with E-state index in [2.05, 4.69) is 31.4 Å². The fourth-order valence-electron chi connectivity index (χ4n) is 2.70. The minimum atomic E-state index is -0.389. The van der Waals surface area contributed by atoms with Crippen molar-refractivity contribution in [3.8, 4) is 5.69 Å². The molecule has 0 bridgehead atoms. The fourth-order valence-corrected chi connectivity index (χ4v) is 3.01. The van der Waals surface area contributed by atoms with Gasteiger partial charge in [0.15, 0.2) is 5.82 Å². The van der Waals surface area contributed by atoms with E-state index in [0.717, 1.165) is 35.0 Å². The lowest BCUT2D eigenvalue weighted by Crippen LogP contribution is -2.36. The highest BCUT2D eigenvalue weighted by Gasteiger charge is 2.36. The average Bonchev–Trinajstić information content (AvgIpc) is 2.80. The van der Waals surface area contributed by atoms with Gasteiger partial charge in [0.05, 0.1) is 21.4 Å². The third-order valence-corrected chi connectivity index (χ3v) is 4.67. The lowest BCUT2D eigenvalue weighted by atomic mass is 9.98. The van der Waals surface area contributed by atoms with Crippen molar-refractivity contribution in [1.29, 1.82) is 0 Å². The van der Waals surface area contributed by atoms with Crippen molar-refractivity contribution in [3.63, 3.8) is 0 Å². The average molecular weight is 339 g/mol. The van der Waals surface area contributed by atoms with Gasteiger partial charge >= 0.3 is 0 Å². The number of nitrogens with zero attached hydrogens (tertiary/aromatic N) is 3. The Morgan fingerprint density at radius 3 is 2.75 bits per heavy atom. The van der Waals surface area contributed by atoms with Crippen LogP contribution in [0.5, 0.6) is 0 Å². The number of fused-ring (bicyclic) bond motifs is 3. The maximum absolute atomic E-state index is 14.0. The SMILES string of the molecule is CCc1nnc2n1-c1c(cc(F)c(Br)c1C)NC2(C)C. The normalized spacial score (nSPS) is 15.5. The molecule has 0 spiro atoms. The molecule has 1 aromatic carbocycles. The summed E-state index contributed by atoms with van der Waals surface area (Å²) in [5.74, 6) is 1.47. The van der Waals surface area contributed by atoms with E-state index < -0.39 is 0 Å². The van der Waals surface area contributed by atoms with Crippen LogP contribution in [0.4, 0.5) is 10.1 Å². The van der Waals surface area contributed by atoms with Crippen LogP contribution in [-0.2, 0) is 12.0 Å². The lowest BCUT2D eigenvalue weighted by Gasteiger charge is -2.35. The molecule has 2 aromatic rings. The number of aromatic nitrogens is 3. The molecule has 1 aromatic heterocycles. The van der Waals surface area contributed by atoms with Crippen molar-refractivity contribution in [1.82, 2.24) is 14.8 Å². The van der Waals surface area contributed by atoms with E-state index in [0.29, 0.717) is 4.47 Å². The van der Waals surface area contributed by atoms with Crippen LogP contribution in [0.3, 0.4) is 0 Å². The first-order valence-corrected chi connectivity index (χ1v) is 7.38. The summed E-state index contributed by atoms with van der Waals surface area (Å²) in [4.78, 5) is 0. The van der Waals surface area contributed by atoms with Crippen LogP contribution in [0.1, 0.15) is 38.0 Å².